The first-order valence-corrected chi connectivity index (χ1v) is 8.01. The molecular formula is C15H16Cl2N4. The molecule has 2 heterocycles. The zero-order valence-electron chi connectivity index (χ0n) is 11.5. The van der Waals surface area contributed by atoms with E-state index in [0.29, 0.717) is 21.4 Å². The van der Waals surface area contributed by atoms with E-state index < -0.39 is 0 Å². The van der Waals surface area contributed by atoms with Crippen LogP contribution in [0.2, 0.25) is 10.0 Å². The normalized spacial score (nSPS) is 23.4. The molecule has 1 aliphatic heterocycles. The van der Waals surface area contributed by atoms with Crippen molar-refractivity contribution in [2.24, 2.45) is 5.41 Å². The fourth-order valence-corrected chi connectivity index (χ4v) is 3.79. The van der Waals surface area contributed by atoms with Gasteiger partial charge in [0.1, 0.15) is 12.2 Å². The van der Waals surface area contributed by atoms with E-state index in [-0.39, 0.29) is 0 Å². The van der Waals surface area contributed by atoms with Gasteiger partial charge in [-0.25, -0.2) is 9.67 Å². The highest BCUT2D eigenvalue weighted by Crippen LogP contribution is 2.63. The van der Waals surface area contributed by atoms with Gasteiger partial charge in [-0.2, -0.15) is 5.10 Å². The van der Waals surface area contributed by atoms with E-state index in [1.165, 1.54) is 19.3 Å². The number of nitrogens with one attached hydrogen (secondary N) is 1. The highest BCUT2D eigenvalue weighted by atomic mass is 35.5. The van der Waals surface area contributed by atoms with Crippen LogP contribution in [0.4, 0.5) is 0 Å². The van der Waals surface area contributed by atoms with E-state index in [2.05, 4.69) is 15.4 Å². The first kappa shape index (κ1) is 13.6. The van der Waals surface area contributed by atoms with Gasteiger partial charge in [-0.15, -0.1) is 0 Å². The SMILES string of the molecule is Clc1ccc(-n2ncnc2[C@@H]2CC23CCNCC3)cc1Cl. The van der Waals surface area contributed by atoms with Gasteiger partial charge in [0.2, 0.25) is 0 Å². The van der Waals surface area contributed by atoms with Crippen LogP contribution in [0.1, 0.15) is 31.0 Å². The van der Waals surface area contributed by atoms with Gasteiger partial charge in [0.05, 0.1) is 15.7 Å². The molecule has 1 saturated heterocycles. The molecule has 0 unspecified atom stereocenters. The zero-order chi connectivity index (χ0) is 14.4. The van der Waals surface area contributed by atoms with Gasteiger partial charge in [-0.3, -0.25) is 0 Å². The molecule has 1 aromatic heterocycles. The molecular weight excluding hydrogens is 307 g/mol. The average Bonchev–Trinajstić information content (AvgIpc) is 2.97. The number of nitrogens with zero attached hydrogens (tertiary/aromatic N) is 3. The van der Waals surface area contributed by atoms with Gasteiger partial charge in [0, 0.05) is 5.92 Å². The fraction of sp³-hybridized carbons (Fsp3) is 0.467. The lowest BCUT2D eigenvalue weighted by molar-refractivity contribution is 0.339. The highest BCUT2D eigenvalue weighted by Gasteiger charge is 2.56. The Morgan fingerprint density at radius 2 is 2.00 bits per heavy atom. The van der Waals surface area contributed by atoms with Crippen LogP contribution in [0.25, 0.3) is 5.69 Å². The van der Waals surface area contributed by atoms with Gasteiger partial charge in [-0.1, -0.05) is 23.2 Å². The van der Waals surface area contributed by atoms with Crippen LogP contribution in [0.5, 0.6) is 0 Å². The lowest BCUT2D eigenvalue weighted by Gasteiger charge is -2.23. The molecule has 1 aromatic carbocycles. The third-order valence-corrected chi connectivity index (χ3v) is 5.56. The molecule has 0 amide bonds. The van der Waals surface area contributed by atoms with Crippen molar-refractivity contribution < 1.29 is 0 Å². The largest absolute Gasteiger partial charge is 0.317 e. The van der Waals surface area contributed by atoms with Crippen molar-refractivity contribution in [3.8, 4) is 5.69 Å². The van der Waals surface area contributed by atoms with Gasteiger partial charge in [-0.05, 0) is 56.0 Å². The fourth-order valence-electron chi connectivity index (χ4n) is 3.49. The third kappa shape index (κ3) is 2.26. The molecule has 0 radical (unpaired) electrons. The Balaban J connectivity index is 1.67. The summed E-state index contributed by atoms with van der Waals surface area (Å²) < 4.78 is 1.91. The Kier molecular flexibility index (Phi) is 3.21. The Bertz CT molecular complexity index is 676. The number of rotatable bonds is 2. The van der Waals surface area contributed by atoms with Crippen molar-refractivity contribution in [3.05, 3.63) is 40.4 Å². The molecule has 2 fully saturated rings. The van der Waals surface area contributed by atoms with Gasteiger partial charge in [0.25, 0.3) is 0 Å². The molecule has 4 nitrogen and oxygen atoms in total. The molecule has 6 heteroatoms. The second-order valence-corrected chi connectivity index (χ2v) is 6.81. The minimum atomic E-state index is 0.437. The molecule has 1 spiro atoms. The van der Waals surface area contributed by atoms with E-state index in [1.54, 1.807) is 12.4 Å². The lowest BCUT2D eigenvalue weighted by Crippen LogP contribution is -2.29. The summed E-state index contributed by atoms with van der Waals surface area (Å²) in [6.45, 7) is 2.22. The molecule has 2 aromatic rings. The van der Waals surface area contributed by atoms with Crippen LogP contribution < -0.4 is 5.32 Å². The molecule has 1 aliphatic carbocycles. The predicted octanol–water partition coefficient (Wildman–Crippen LogP) is 3.43. The number of piperidine rings is 1. The molecule has 1 atom stereocenters. The van der Waals surface area contributed by atoms with Crippen LogP contribution in [-0.4, -0.2) is 27.9 Å². The van der Waals surface area contributed by atoms with Crippen LogP contribution in [0, 0.1) is 5.41 Å². The first-order chi connectivity index (χ1) is 10.2. The number of hydrogen-bond acceptors (Lipinski definition) is 3. The van der Waals surface area contributed by atoms with Crippen LogP contribution in [0.15, 0.2) is 24.5 Å². The average molecular weight is 323 g/mol. The zero-order valence-corrected chi connectivity index (χ0v) is 13.0. The smallest absolute Gasteiger partial charge is 0.138 e. The minimum Gasteiger partial charge on any atom is -0.317 e. The Morgan fingerprint density at radius 1 is 1.19 bits per heavy atom. The monoisotopic (exact) mass is 322 g/mol. The topological polar surface area (TPSA) is 42.7 Å². The first-order valence-electron chi connectivity index (χ1n) is 7.26. The summed E-state index contributed by atoms with van der Waals surface area (Å²) >= 11 is 12.1. The standard InChI is InChI=1S/C15H16Cl2N4/c16-12-2-1-10(7-13(12)17)21-14(19-9-20-21)11-8-15(11)3-5-18-6-4-15/h1-2,7,9,11,18H,3-6,8H2/t11-/m0/s1. The van der Waals surface area contributed by atoms with Crippen LogP contribution in [-0.2, 0) is 0 Å². The minimum absolute atomic E-state index is 0.437. The Labute approximate surface area is 133 Å². The van der Waals surface area contributed by atoms with E-state index in [1.807, 2.05) is 16.8 Å². The third-order valence-electron chi connectivity index (χ3n) is 4.82. The molecule has 1 N–H and O–H groups in total. The molecule has 2 aliphatic rings. The summed E-state index contributed by atoms with van der Waals surface area (Å²) in [5.41, 5.74) is 1.36. The maximum Gasteiger partial charge on any atom is 0.138 e. The van der Waals surface area contributed by atoms with E-state index in [9.17, 15) is 0 Å². The predicted molar refractivity (Wildman–Crippen MR) is 83.3 cm³/mol. The number of hydrogen-bond donors (Lipinski definition) is 1. The second-order valence-electron chi connectivity index (χ2n) is 6.00. The maximum absolute atomic E-state index is 6.12. The van der Waals surface area contributed by atoms with Crippen molar-refractivity contribution >= 4 is 23.2 Å². The summed E-state index contributed by atoms with van der Waals surface area (Å²) in [6.07, 6.45) is 5.30. The summed E-state index contributed by atoms with van der Waals surface area (Å²) in [4.78, 5) is 4.51. The summed E-state index contributed by atoms with van der Waals surface area (Å²) in [7, 11) is 0. The Morgan fingerprint density at radius 3 is 2.76 bits per heavy atom. The molecule has 0 bridgehead atoms. The number of benzene rings is 1. The molecule has 1 saturated carbocycles. The molecule has 110 valence electrons. The highest BCUT2D eigenvalue weighted by molar-refractivity contribution is 6.42. The summed E-state index contributed by atoms with van der Waals surface area (Å²) in [6, 6.07) is 5.58. The van der Waals surface area contributed by atoms with E-state index in [4.69, 9.17) is 23.2 Å². The van der Waals surface area contributed by atoms with Crippen molar-refractivity contribution in [2.45, 2.75) is 25.2 Å². The van der Waals surface area contributed by atoms with Crippen molar-refractivity contribution in [1.82, 2.24) is 20.1 Å². The van der Waals surface area contributed by atoms with Gasteiger partial charge < -0.3 is 5.32 Å². The number of halogens is 2. The van der Waals surface area contributed by atoms with Gasteiger partial charge >= 0.3 is 0 Å². The summed E-state index contributed by atoms with van der Waals surface area (Å²) in [5, 5.41) is 8.92. The molecule has 21 heavy (non-hydrogen) atoms. The van der Waals surface area contributed by atoms with E-state index >= 15 is 0 Å². The van der Waals surface area contributed by atoms with Crippen molar-refractivity contribution in [1.29, 1.82) is 0 Å². The van der Waals surface area contributed by atoms with Crippen LogP contribution >= 0.6 is 23.2 Å². The van der Waals surface area contributed by atoms with Gasteiger partial charge in [0.15, 0.2) is 0 Å². The van der Waals surface area contributed by atoms with E-state index in [0.717, 1.165) is 24.6 Å². The quantitative estimate of drug-likeness (QED) is 0.921. The second kappa shape index (κ2) is 4.97. The lowest BCUT2D eigenvalue weighted by atomic mass is 9.92. The van der Waals surface area contributed by atoms with Crippen molar-refractivity contribution in [2.75, 3.05) is 13.1 Å². The Hall–Kier alpha value is -1.10. The maximum atomic E-state index is 6.12. The summed E-state index contributed by atoms with van der Waals surface area (Å²) in [5.74, 6) is 1.56. The number of aromatic nitrogens is 3. The molecule has 4 rings (SSSR count). The van der Waals surface area contributed by atoms with Crippen LogP contribution in [0.3, 0.4) is 0 Å². The van der Waals surface area contributed by atoms with Crippen molar-refractivity contribution in [3.63, 3.8) is 0 Å².